The van der Waals surface area contributed by atoms with Gasteiger partial charge >= 0.3 is 5.97 Å². The van der Waals surface area contributed by atoms with Crippen molar-refractivity contribution in [1.29, 1.82) is 0 Å². The van der Waals surface area contributed by atoms with Crippen LogP contribution < -0.4 is 5.32 Å². The number of carbonyl (C=O) groups is 2. The number of rotatable bonds is 6. The van der Waals surface area contributed by atoms with Crippen LogP contribution in [0.15, 0.2) is 21.6 Å². The fourth-order valence-electron chi connectivity index (χ4n) is 1.71. The van der Waals surface area contributed by atoms with E-state index in [0.717, 1.165) is 4.31 Å². The summed E-state index contributed by atoms with van der Waals surface area (Å²) in [7, 11) is -1.04. The van der Waals surface area contributed by atoms with Crippen molar-refractivity contribution in [3.8, 4) is 0 Å². The van der Waals surface area contributed by atoms with E-state index in [0.29, 0.717) is 12.8 Å². The molecule has 2 rings (SSSR count). The maximum absolute atomic E-state index is 11.8. The van der Waals surface area contributed by atoms with Gasteiger partial charge in [-0.25, -0.2) is 12.7 Å². The zero-order chi connectivity index (χ0) is 15.8. The molecular weight excluding hydrogens is 300 g/mol. The molecule has 1 aliphatic rings. The summed E-state index contributed by atoms with van der Waals surface area (Å²) >= 11 is 0. The van der Waals surface area contributed by atoms with Crippen molar-refractivity contribution in [1.82, 2.24) is 9.62 Å². The molecule has 9 heteroatoms. The lowest BCUT2D eigenvalue weighted by atomic mass is 10.1. The minimum atomic E-state index is -3.74. The van der Waals surface area contributed by atoms with Gasteiger partial charge in [0, 0.05) is 20.6 Å². The molecule has 21 heavy (non-hydrogen) atoms. The fourth-order valence-corrected chi connectivity index (χ4v) is 2.51. The van der Waals surface area contributed by atoms with Gasteiger partial charge in [0.2, 0.25) is 5.09 Å². The normalized spacial score (nSPS) is 16.7. The summed E-state index contributed by atoms with van der Waals surface area (Å²) in [5.41, 5.74) is -0.888. The highest BCUT2D eigenvalue weighted by Gasteiger charge is 2.50. The van der Waals surface area contributed by atoms with E-state index in [-0.39, 0.29) is 17.4 Å². The summed E-state index contributed by atoms with van der Waals surface area (Å²) in [5, 5.41) is 11.1. The van der Waals surface area contributed by atoms with Crippen LogP contribution in [0.4, 0.5) is 0 Å². The van der Waals surface area contributed by atoms with Gasteiger partial charge in [0.05, 0.1) is 5.41 Å². The summed E-state index contributed by atoms with van der Waals surface area (Å²) in [6, 6.07) is 2.43. The van der Waals surface area contributed by atoms with Gasteiger partial charge in [-0.2, -0.15) is 0 Å². The smallest absolute Gasteiger partial charge is 0.311 e. The van der Waals surface area contributed by atoms with Crippen LogP contribution in [0.5, 0.6) is 0 Å². The van der Waals surface area contributed by atoms with Gasteiger partial charge in [0.1, 0.15) is 0 Å². The highest BCUT2D eigenvalue weighted by molar-refractivity contribution is 7.88. The number of aliphatic carboxylic acids is 1. The summed E-state index contributed by atoms with van der Waals surface area (Å²) < 4.78 is 29.6. The van der Waals surface area contributed by atoms with E-state index in [1.54, 1.807) is 0 Å². The number of carbonyl (C=O) groups excluding carboxylic acids is 1. The maximum Gasteiger partial charge on any atom is 0.311 e. The lowest BCUT2D eigenvalue weighted by Crippen LogP contribution is -2.34. The maximum atomic E-state index is 11.8. The highest BCUT2D eigenvalue weighted by atomic mass is 32.2. The first-order valence-corrected chi connectivity index (χ1v) is 7.67. The second-order valence-corrected chi connectivity index (χ2v) is 7.26. The molecule has 0 aliphatic heterocycles. The predicted molar refractivity (Wildman–Crippen MR) is 71.2 cm³/mol. The molecule has 0 unspecified atom stereocenters. The van der Waals surface area contributed by atoms with Crippen LogP contribution in [0.2, 0.25) is 0 Å². The van der Waals surface area contributed by atoms with Crippen molar-refractivity contribution < 1.29 is 27.5 Å². The molecule has 0 spiro atoms. The third-order valence-corrected chi connectivity index (χ3v) is 5.12. The Hall–Kier alpha value is -1.87. The van der Waals surface area contributed by atoms with Crippen molar-refractivity contribution in [2.45, 2.75) is 17.9 Å². The molecule has 1 aromatic rings. The van der Waals surface area contributed by atoms with Crippen molar-refractivity contribution in [2.75, 3.05) is 20.6 Å². The molecule has 1 heterocycles. The van der Waals surface area contributed by atoms with Crippen LogP contribution in [0, 0.1) is 5.41 Å². The molecule has 1 aliphatic carbocycles. The Kier molecular flexibility index (Phi) is 3.81. The monoisotopic (exact) mass is 316 g/mol. The number of sulfonamides is 1. The number of nitrogens with one attached hydrogen (secondary N) is 1. The fraction of sp³-hybridized carbons (Fsp3) is 0.500. The van der Waals surface area contributed by atoms with Gasteiger partial charge in [-0.05, 0) is 25.0 Å². The topological polar surface area (TPSA) is 117 Å². The van der Waals surface area contributed by atoms with E-state index in [9.17, 15) is 18.0 Å². The quantitative estimate of drug-likeness (QED) is 0.770. The predicted octanol–water partition coefficient (Wildman–Crippen LogP) is 0.124. The average molecular weight is 316 g/mol. The molecule has 0 radical (unpaired) electrons. The molecule has 1 aromatic heterocycles. The molecule has 1 saturated carbocycles. The van der Waals surface area contributed by atoms with Gasteiger partial charge in [-0.15, -0.1) is 0 Å². The Morgan fingerprint density at radius 2 is 2.00 bits per heavy atom. The summed E-state index contributed by atoms with van der Waals surface area (Å²) in [4.78, 5) is 22.8. The number of furan rings is 1. The lowest BCUT2D eigenvalue weighted by molar-refractivity contribution is -0.143. The van der Waals surface area contributed by atoms with E-state index in [1.165, 1.54) is 26.2 Å². The molecule has 8 nitrogen and oxygen atoms in total. The van der Waals surface area contributed by atoms with Crippen LogP contribution in [0.1, 0.15) is 23.4 Å². The molecule has 1 amide bonds. The molecule has 0 atom stereocenters. The van der Waals surface area contributed by atoms with Crippen LogP contribution >= 0.6 is 0 Å². The van der Waals surface area contributed by atoms with Gasteiger partial charge in [0.25, 0.3) is 15.9 Å². The van der Waals surface area contributed by atoms with Gasteiger partial charge in [0.15, 0.2) is 5.76 Å². The number of carboxylic acids is 1. The number of hydrogen-bond donors (Lipinski definition) is 2. The van der Waals surface area contributed by atoms with E-state index < -0.39 is 27.3 Å². The number of amides is 1. The van der Waals surface area contributed by atoms with E-state index in [2.05, 4.69) is 5.32 Å². The average Bonchev–Trinajstić information content (AvgIpc) is 3.03. The second kappa shape index (κ2) is 5.15. The molecule has 0 bridgehead atoms. The van der Waals surface area contributed by atoms with Crippen LogP contribution in [-0.4, -0.2) is 50.3 Å². The standard InChI is InChI=1S/C12H16N2O6S/c1-14(2)21(18,19)9-4-3-8(20-9)10(15)13-7-12(5-6-12)11(16)17/h3-4H,5-7H2,1-2H3,(H,13,15)(H,16,17). The van der Waals surface area contributed by atoms with Crippen LogP contribution in [-0.2, 0) is 14.8 Å². The van der Waals surface area contributed by atoms with E-state index in [1.807, 2.05) is 0 Å². The molecule has 0 aromatic carbocycles. The zero-order valence-corrected chi connectivity index (χ0v) is 12.4. The minimum Gasteiger partial charge on any atom is -0.481 e. The summed E-state index contributed by atoms with van der Waals surface area (Å²) in [6.45, 7) is -0.00235. The third-order valence-electron chi connectivity index (χ3n) is 3.43. The van der Waals surface area contributed by atoms with Crippen LogP contribution in [0.25, 0.3) is 0 Å². The first kappa shape index (κ1) is 15.5. The first-order chi connectivity index (χ1) is 9.69. The summed E-state index contributed by atoms with van der Waals surface area (Å²) in [5.74, 6) is -1.75. The van der Waals surface area contributed by atoms with E-state index >= 15 is 0 Å². The number of hydrogen-bond acceptors (Lipinski definition) is 5. The SMILES string of the molecule is CN(C)S(=O)(=O)c1ccc(C(=O)NCC2(C(=O)O)CC2)o1. The summed E-state index contributed by atoms with van der Waals surface area (Å²) in [6.07, 6.45) is 1.03. The Balaban J connectivity index is 2.05. The molecule has 1 fully saturated rings. The van der Waals surface area contributed by atoms with Crippen molar-refractivity contribution in [3.05, 3.63) is 17.9 Å². The van der Waals surface area contributed by atoms with Gasteiger partial charge in [-0.1, -0.05) is 0 Å². The largest absolute Gasteiger partial charge is 0.481 e. The van der Waals surface area contributed by atoms with Crippen LogP contribution in [0.3, 0.4) is 0 Å². The molecule has 0 saturated heterocycles. The minimum absolute atomic E-state index is 0.00235. The van der Waals surface area contributed by atoms with Gasteiger partial charge in [-0.3, -0.25) is 9.59 Å². The zero-order valence-electron chi connectivity index (χ0n) is 11.6. The van der Waals surface area contributed by atoms with Gasteiger partial charge < -0.3 is 14.8 Å². The van der Waals surface area contributed by atoms with Crippen molar-refractivity contribution >= 4 is 21.9 Å². The van der Waals surface area contributed by atoms with Crippen molar-refractivity contribution in [2.24, 2.45) is 5.41 Å². The second-order valence-electron chi connectivity index (χ2n) is 5.17. The lowest BCUT2D eigenvalue weighted by Gasteiger charge is -2.10. The molecule has 2 N–H and O–H groups in total. The third kappa shape index (κ3) is 2.93. The molecule has 116 valence electrons. The Bertz CT molecular complexity index is 672. The Labute approximate surface area is 121 Å². The molecular formula is C12H16N2O6S. The van der Waals surface area contributed by atoms with E-state index in [4.69, 9.17) is 9.52 Å². The number of nitrogens with zero attached hydrogens (tertiary/aromatic N) is 1. The first-order valence-electron chi connectivity index (χ1n) is 6.23. The Morgan fingerprint density at radius 3 is 2.48 bits per heavy atom. The highest BCUT2D eigenvalue weighted by Crippen LogP contribution is 2.45. The Morgan fingerprint density at radius 1 is 1.38 bits per heavy atom. The van der Waals surface area contributed by atoms with Crippen molar-refractivity contribution in [3.63, 3.8) is 0 Å². The number of carboxylic acid groups (broad SMARTS) is 1.